The Morgan fingerprint density at radius 3 is 2.50 bits per heavy atom. The molecule has 5 rings (SSSR count). The number of pyridine rings is 1. The molecule has 1 aromatic carbocycles. The Hall–Kier alpha value is -3.02. The number of aryl methyl sites for hydroxylation is 1. The zero-order valence-corrected chi connectivity index (χ0v) is 24.3. The molecule has 0 aliphatic carbocycles. The van der Waals surface area contributed by atoms with Gasteiger partial charge in [0.2, 0.25) is 0 Å². The number of benzene rings is 1. The van der Waals surface area contributed by atoms with E-state index in [1.54, 1.807) is 24.3 Å². The van der Waals surface area contributed by atoms with E-state index >= 15 is 0 Å². The standard InChI is InChI=1S/C27H32BrN7O2S/c1-5-22(23-7-6-8-24(32-23)34-13-18(3)31-19(4)14-34)33-26-25-21(28)15-35(27(25)30-16-29-26)38(36,37)20-11-9-17(2)10-12-20/h6-12,15-16,18-19,22,31H,5,13-14H2,1-4H3,(H,29,30,33)/t18-,19+,22?. The second-order valence-corrected chi connectivity index (χ2v) is 12.6. The van der Waals surface area contributed by atoms with E-state index in [0.717, 1.165) is 36.6 Å². The number of rotatable bonds is 7. The number of hydrogen-bond donors (Lipinski definition) is 2. The van der Waals surface area contributed by atoms with Crippen molar-refractivity contribution in [3.05, 3.63) is 70.7 Å². The fraction of sp³-hybridized carbons (Fsp3) is 0.370. The normalized spacial score (nSPS) is 19.0. The number of fused-ring (bicyclic) bond motifs is 1. The molecule has 200 valence electrons. The van der Waals surface area contributed by atoms with Crippen molar-refractivity contribution >= 4 is 48.6 Å². The Bertz CT molecular complexity index is 1550. The lowest BCUT2D eigenvalue weighted by Gasteiger charge is -2.37. The summed E-state index contributed by atoms with van der Waals surface area (Å²) in [5.41, 5.74) is 2.19. The van der Waals surface area contributed by atoms with Gasteiger partial charge in [0.25, 0.3) is 10.0 Å². The van der Waals surface area contributed by atoms with E-state index in [1.807, 2.05) is 19.1 Å². The quantitative estimate of drug-likeness (QED) is 0.310. The van der Waals surface area contributed by atoms with Crippen molar-refractivity contribution in [2.45, 2.75) is 57.1 Å². The lowest BCUT2D eigenvalue weighted by atomic mass is 10.1. The predicted octanol–water partition coefficient (Wildman–Crippen LogP) is 4.88. The van der Waals surface area contributed by atoms with E-state index in [9.17, 15) is 8.42 Å². The number of aromatic nitrogens is 4. The number of piperazine rings is 1. The molecule has 4 aromatic rings. The highest BCUT2D eigenvalue weighted by Gasteiger charge is 2.26. The molecule has 1 unspecified atom stereocenters. The molecule has 2 N–H and O–H groups in total. The van der Waals surface area contributed by atoms with Crippen LogP contribution < -0.4 is 15.5 Å². The molecular weight excluding hydrogens is 566 g/mol. The molecule has 1 aliphatic heterocycles. The van der Waals surface area contributed by atoms with Gasteiger partial charge in [-0.3, -0.25) is 0 Å². The van der Waals surface area contributed by atoms with E-state index in [1.165, 1.54) is 16.5 Å². The number of nitrogens with one attached hydrogen (secondary N) is 2. The second kappa shape index (κ2) is 10.6. The summed E-state index contributed by atoms with van der Waals surface area (Å²) < 4.78 is 28.7. The van der Waals surface area contributed by atoms with Gasteiger partial charge < -0.3 is 15.5 Å². The van der Waals surface area contributed by atoms with Crippen molar-refractivity contribution in [1.29, 1.82) is 0 Å². The highest BCUT2D eigenvalue weighted by atomic mass is 79.9. The minimum Gasteiger partial charge on any atom is -0.361 e. The first-order valence-electron chi connectivity index (χ1n) is 12.8. The third-order valence-corrected chi connectivity index (χ3v) is 9.06. The van der Waals surface area contributed by atoms with E-state index < -0.39 is 10.0 Å². The van der Waals surface area contributed by atoms with Crippen molar-refractivity contribution in [2.75, 3.05) is 23.3 Å². The average molecular weight is 599 g/mol. The summed E-state index contributed by atoms with van der Waals surface area (Å²) in [5, 5.41) is 7.67. The molecule has 0 spiro atoms. The minimum atomic E-state index is -3.85. The van der Waals surface area contributed by atoms with Gasteiger partial charge in [0.15, 0.2) is 5.65 Å². The van der Waals surface area contributed by atoms with E-state index in [4.69, 9.17) is 4.98 Å². The lowest BCUT2D eigenvalue weighted by molar-refractivity contribution is 0.405. The van der Waals surface area contributed by atoms with Crippen LogP contribution in [0.3, 0.4) is 0 Å². The minimum absolute atomic E-state index is 0.130. The van der Waals surface area contributed by atoms with Crippen LogP contribution in [0.15, 0.2) is 64.4 Å². The van der Waals surface area contributed by atoms with Crippen LogP contribution in [0.4, 0.5) is 11.6 Å². The number of nitrogens with zero attached hydrogens (tertiary/aromatic N) is 5. The maximum atomic E-state index is 13.5. The van der Waals surface area contributed by atoms with Crippen LogP contribution in [-0.2, 0) is 10.0 Å². The molecule has 0 amide bonds. The summed E-state index contributed by atoms with van der Waals surface area (Å²) in [4.78, 5) is 16.3. The SMILES string of the molecule is CCC(Nc1ncnc2c1c(Br)cn2S(=O)(=O)c1ccc(C)cc1)c1cccc(N2C[C@@H](C)N[C@@H](C)C2)n1. The molecule has 3 atom stereocenters. The second-order valence-electron chi connectivity index (χ2n) is 9.91. The molecule has 0 saturated carbocycles. The fourth-order valence-electron chi connectivity index (χ4n) is 4.98. The predicted molar refractivity (Wildman–Crippen MR) is 154 cm³/mol. The van der Waals surface area contributed by atoms with Gasteiger partial charge in [-0.25, -0.2) is 27.3 Å². The zero-order chi connectivity index (χ0) is 27.0. The van der Waals surface area contributed by atoms with Gasteiger partial charge >= 0.3 is 0 Å². The Balaban J connectivity index is 1.48. The summed E-state index contributed by atoms with van der Waals surface area (Å²) in [6.07, 6.45) is 3.68. The number of hydrogen-bond acceptors (Lipinski definition) is 8. The lowest BCUT2D eigenvalue weighted by Crippen LogP contribution is -2.54. The molecule has 1 aliphatic rings. The van der Waals surface area contributed by atoms with Crippen LogP contribution in [0, 0.1) is 6.92 Å². The maximum Gasteiger partial charge on any atom is 0.269 e. The molecule has 11 heteroatoms. The smallest absolute Gasteiger partial charge is 0.269 e. The first-order chi connectivity index (χ1) is 18.2. The van der Waals surface area contributed by atoms with Gasteiger partial charge in [-0.2, -0.15) is 0 Å². The van der Waals surface area contributed by atoms with Gasteiger partial charge in [0, 0.05) is 35.8 Å². The van der Waals surface area contributed by atoms with Crippen LogP contribution in [-0.4, -0.2) is 52.5 Å². The third-order valence-electron chi connectivity index (χ3n) is 6.80. The molecule has 3 aromatic heterocycles. The Morgan fingerprint density at radius 1 is 1.11 bits per heavy atom. The maximum absolute atomic E-state index is 13.5. The molecular formula is C27H32BrN7O2S. The number of anilines is 2. The molecule has 9 nitrogen and oxygen atoms in total. The van der Waals surface area contributed by atoms with Crippen molar-refractivity contribution in [3.8, 4) is 0 Å². The van der Waals surface area contributed by atoms with Crippen LogP contribution in [0.5, 0.6) is 0 Å². The molecule has 4 heterocycles. The third kappa shape index (κ3) is 5.14. The van der Waals surface area contributed by atoms with E-state index in [2.05, 4.69) is 68.3 Å². The summed E-state index contributed by atoms with van der Waals surface area (Å²) in [7, 11) is -3.85. The Labute approximate surface area is 231 Å². The highest BCUT2D eigenvalue weighted by molar-refractivity contribution is 9.10. The van der Waals surface area contributed by atoms with Crippen LogP contribution in [0.2, 0.25) is 0 Å². The fourth-order valence-corrected chi connectivity index (χ4v) is 7.01. The van der Waals surface area contributed by atoms with Crippen LogP contribution in [0.1, 0.15) is 44.5 Å². The van der Waals surface area contributed by atoms with Gasteiger partial charge in [-0.15, -0.1) is 0 Å². The van der Waals surface area contributed by atoms with Crippen molar-refractivity contribution in [1.82, 2.24) is 24.2 Å². The van der Waals surface area contributed by atoms with Crippen LogP contribution in [0.25, 0.3) is 11.0 Å². The first-order valence-corrected chi connectivity index (χ1v) is 15.0. The summed E-state index contributed by atoms with van der Waals surface area (Å²) in [6.45, 7) is 10.2. The van der Waals surface area contributed by atoms with E-state index in [0.29, 0.717) is 33.4 Å². The summed E-state index contributed by atoms with van der Waals surface area (Å²) in [5.74, 6) is 1.50. The van der Waals surface area contributed by atoms with E-state index in [-0.39, 0.29) is 10.9 Å². The zero-order valence-electron chi connectivity index (χ0n) is 21.9. The largest absolute Gasteiger partial charge is 0.361 e. The molecule has 38 heavy (non-hydrogen) atoms. The van der Waals surface area contributed by atoms with Gasteiger partial charge in [0.05, 0.1) is 22.0 Å². The molecule has 1 saturated heterocycles. The van der Waals surface area contributed by atoms with Gasteiger partial charge in [0.1, 0.15) is 18.0 Å². The van der Waals surface area contributed by atoms with Crippen LogP contribution >= 0.6 is 15.9 Å². The number of halogens is 1. The van der Waals surface area contributed by atoms with Gasteiger partial charge in [-0.1, -0.05) is 30.7 Å². The molecule has 0 radical (unpaired) electrons. The monoisotopic (exact) mass is 597 g/mol. The van der Waals surface area contributed by atoms with Crippen molar-refractivity contribution in [2.24, 2.45) is 0 Å². The Morgan fingerprint density at radius 2 is 1.82 bits per heavy atom. The first kappa shape index (κ1) is 26.6. The summed E-state index contributed by atoms with van der Waals surface area (Å²) >= 11 is 3.55. The van der Waals surface area contributed by atoms with Crippen molar-refractivity contribution in [3.63, 3.8) is 0 Å². The molecule has 1 fully saturated rings. The topological polar surface area (TPSA) is 105 Å². The Kier molecular flexibility index (Phi) is 7.43. The van der Waals surface area contributed by atoms with Gasteiger partial charge in [-0.05, 0) is 67.4 Å². The highest BCUT2D eigenvalue weighted by Crippen LogP contribution is 2.34. The average Bonchev–Trinajstić information content (AvgIpc) is 3.25. The molecule has 0 bridgehead atoms. The summed E-state index contributed by atoms with van der Waals surface area (Å²) in [6, 6.07) is 13.5. The van der Waals surface area contributed by atoms with Crippen molar-refractivity contribution < 1.29 is 8.42 Å².